The summed E-state index contributed by atoms with van der Waals surface area (Å²) in [5, 5.41) is 0. The lowest BCUT2D eigenvalue weighted by atomic mass is 9.86. The van der Waals surface area contributed by atoms with Crippen molar-refractivity contribution in [3.63, 3.8) is 0 Å². The van der Waals surface area contributed by atoms with E-state index in [9.17, 15) is 0 Å². The second-order valence-electron chi connectivity index (χ2n) is 16.5. The molecule has 1 aliphatic rings. The average Bonchev–Trinajstić information content (AvgIpc) is 3.58. The predicted molar refractivity (Wildman–Crippen MR) is 230 cm³/mol. The van der Waals surface area contributed by atoms with Crippen LogP contribution in [0.1, 0.15) is 52.7 Å². The number of hydrogen-bond acceptors (Lipinski definition) is 4. The summed E-state index contributed by atoms with van der Waals surface area (Å²) < 4.78 is 2.21. The van der Waals surface area contributed by atoms with Gasteiger partial charge in [-0.15, -0.1) is 0 Å². The highest BCUT2D eigenvalue weighted by atomic mass is 15.2. The van der Waals surface area contributed by atoms with Gasteiger partial charge in [0.25, 0.3) is 0 Å². The van der Waals surface area contributed by atoms with Gasteiger partial charge in [0.05, 0.1) is 22.4 Å². The van der Waals surface area contributed by atoms with Crippen molar-refractivity contribution in [2.75, 3.05) is 9.80 Å². The molecule has 2 aromatic heterocycles. The molecule has 55 heavy (non-hydrogen) atoms. The van der Waals surface area contributed by atoms with Crippen LogP contribution < -0.4 is 9.80 Å². The van der Waals surface area contributed by atoms with E-state index in [1.807, 2.05) is 18.6 Å². The Kier molecular flexibility index (Phi) is 8.20. The number of anilines is 6. The maximum Gasteiger partial charge on any atom is 0.137 e. The average molecular weight is 716 g/mol. The fourth-order valence-electron chi connectivity index (χ4n) is 7.79. The highest BCUT2D eigenvalue weighted by molar-refractivity contribution is 6.03. The van der Waals surface area contributed by atoms with Gasteiger partial charge in [-0.05, 0) is 106 Å². The topological polar surface area (TPSA) is 37.2 Å². The molecule has 0 saturated carbocycles. The van der Waals surface area contributed by atoms with Crippen molar-refractivity contribution in [3.8, 4) is 27.9 Å². The van der Waals surface area contributed by atoms with Crippen LogP contribution in [0.4, 0.5) is 34.3 Å². The molecule has 0 N–H and O–H groups in total. The second kappa shape index (κ2) is 13.1. The highest BCUT2D eigenvalue weighted by Crippen LogP contribution is 2.52. The Labute approximate surface area is 324 Å². The van der Waals surface area contributed by atoms with Gasteiger partial charge in [0, 0.05) is 40.1 Å². The Morgan fingerprint density at radius 2 is 1.13 bits per heavy atom. The van der Waals surface area contributed by atoms with Crippen LogP contribution in [0.15, 0.2) is 164 Å². The van der Waals surface area contributed by atoms with Crippen LogP contribution in [0.5, 0.6) is 0 Å². The van der Waals surface area contributed by atoms with Crippen LogP contribution in [0.25, 0.3) is 39.0 Å². The summed E-state index contributed by atoms with van der Waals surface area (Å²) in [7, 11) is 0. The van der Waals surface area contributed by atoms with Crippen molar-refractivity contribution >= 4 is 45.3 Å². The van der Waals surface area contributed by atoms with Gasteiger partial charge in [0.15, 0.2) is 0 Å². The molecule has 3 heterocycles. The summed E-state index contributed by atoms with van der Waals surface area (Å²) in [6.45, 7) is 13.6. The van der Waals surface area contributed by atoms with Crippen molar-refractivity contribution < 1.29 is 0 Å². The molecule has 0 fully saturated rings. The number of benzene rings is 6. The van der Waals surface area contributed by atoms with E-state index in [1.165, 1.54) is 27.8 Å². The molecule has 0 unspecified atom stereocenters. The molecule has 1 aliphatic heterocycles. The Bertz CT molecular complexity index is 2690. The molecule has 0 bridgehead atoms. The van der Waals surface area contributed by atoms with Gasteiger partial charge in [-0.2, -0.15) is 0 Å². The molecular weight excluding hydrogens is 671 g/mol. The third-order valence-electron chi connectivity index (χ3n) is 10.7. The minimum Gasteiger partial charge on any atom is -0.310 e. The summed E-state index contributed by atoms with van der Waals surface area (Å²) >= 11 is 0. The maximum atomic E-state index is 5.08. The van der Waals surface area contributed by atoms with Crippen molar-refractivity contribution in [1.29, 1.82) is 0 Å². The third kappa shape index (κ3) is 6.16. The van der Waals surface area contributed by atoms with E-state index >= 15 is 0 Å². The molecule has 0 spiro atoms. The first kappa shape index (κ1) is 34.3. The standard InChI is InChI=1S/C50H45N5/c1-49(2,3)34-26-27-51-48(30-34)55-45-22-14-12-20-42(45)40-18-10-11-19-41(40)43-25-24-37(32-47(43)55)54(36-16-8-7-9-17-36)39-29-35(50(4,5)6)28-38(31-39)53-33-52-44-21-13-15-23-46(44)53/h7-33H,1-6H3. The monoisotopic (exact) mass is 715 g/mol. The molecular formula is C50H45N5. The molecule has 0 saturated heterocycles. The van der Waals surface area contributed by atoms with E-state index in [2.05, 4.69) is 202 Å². The van der Waals surface area contributed by atoms with E-state index in [0.29, 0.717) is 0 Å². The molecule has 5 nitrogen and oxygen atoms in total. The van der Waals surface area contributed by atoms with E-state index in [-0.39, 0.29) is 10.8 Å². The summed E-state index contributed by atoms with van der Waals surface area (Å²) in [4.78, 5) is 14.6. The molecule has 6 aromatic carbocycles. The van der Waals surface area contributed by atoms with E-state index < -0.39 is 0 Å². The first-order chi connectivity index (χ1) is 26.5. The fourth-order valence-corrected chi connectivity index (χ4v) is 7.79. The summed E-state index contributed by atoms with van der Waals surface area (Å²) in [6, 6.07) is 54.8. The SMILES string of the molecule is CC(C)(C)c1cc(N(c2ccccc2)c2ccc3c(c2)N(c2cc(C(C)(C)C)ccn2)c2ccccc2-c2ccccc2-3)cc(-n2cnc3ccccc32)c1. The van der Waals surface area contributed by atoms with Gasteiger partial charge < -0.3 is 4.90 Å². The minimum absolute atomic E-state index is 0.0445. The number of pyridine rings is 1. The maximum absolute atomic E-state index is 5.08. The van der Waals surface area contributed by atoms with Gasteiger partial charge in [-0.25, -0.2) is 9.97 Å². The lowest BCUT2D eigenvalue weighted by Crippen LogP contribution is -2.17. The molecule has 8 aromatic rings. The molecule has 270 valence electrons. The smallest absolute Gasteiger partial charge is 0.137 e. The van der Waals surface area contributed by atoms with E-state index in [4.69, 9.17) is 9.97 Å². The normalized spacial score (nSPS) is 12.5. The Morgan fingerprint density at radius 1 is 0.473 bits per heavy atom. The van der Waals surface area contributed by atoms with Gasteiger partial charge in [-0.3, -0.25) is 9.47 Å². The highest BCUT2D eigenvalue weighted by Gasteiger charge is 2.29. The van der Waals surface area contributed by atoms with Crippen LogP contribution in [-0.4, -0.2) is 14.5 Å². The predicted octanol–water partition coefficient (Wildman–Crippen LogP) is 13.6. The van der Waals surface area contributed by atoms with Gasteiger partial charge >= 0.3 is 0 Å². The largest absolute Gasteiger partial charge is 0.310 e. The molecule has 5 heteroatoms. The summed E-state index contributed by atoms with van der Waals surface area (Å²) in [6.07, 6.45) is 3.90. The van der Waals surface area contributed by atoms with Crippen molar-refractivity contribution in [2.24, 2.45) is 0 Å². The van der Waals surface area contributed by atoms with Gasteiger partial charge in [0.2, 0.25) is 0 Å². The quantitative estimate of drug-likeness (QED) is 0.178. The van der Waals surface area contributed by atoms with E-state index in [0.717, 1.165) is 56.5 Å². The number of hydrogen-bond donors (Lipinski definition) is 0. The van der Waals surface area contributed by atoms with E-state index in [1.54, 1.807) is 0 Å². The van der Waals surface area contributed by atoms with Gasteiger partial charge in [-0.1, -0.05) is 120 Å². The summed E-state index contributed by atoms with van der Waals surface area (Å²) in [5.74, 6) is 0.890. The lowest BCUT2D eigenvalue weighted by Gasteiger charge is -2.32. The minimum atomic E-state index is -0.106. The number of para-hydroxylation sites is 4. The van der Waals surface area contributed by atoms with Crippen LogP contribution in [0, 0.1) is 0 Å². The van der Waals surface area contributed by atoms with Crippen LogP contribution >= 0.6 is 0 Å². The van der Waals surface area contributed by atoms with Crippen molar-refractivity contribution in [2.45, 2.75) is 52.4 Å². The second-order valence-corrected chi connectivity index (χ2v) is 16.5. The number of rotatable bonds is 5. The number of fused-ring (bicyclic) bond motifs is 6. The fraction of sp³-hybridized carbons (Fsp3) is 0.160. The molecule has 0 aliphatic carbocycles. The number of aromatic nitrogens is 3. The molecule has 0 amide bonds. The number of nitrogens with zero attached hydrogens (tertiary/aromatic N) is 5. The molecule has 0 radical (unpaired) electrons. The zero-order valence-electron chi connectivity index (χ0n) is 32.3. The Balaban J connectivity index is 1.32. The van der Waals surface area contributed by atoms with Crippen LogP contribution in [0.3, 0.4) is 0 Å². The first-order valence-corrected chi connectivity index (χ1v) is 19.1. The van der Waals surface area contributed by atoms with Crippen molar-refractivity contribution in [3.05, 3.63) is 175 Å². The van der Waals surface area contributed by atoms with Crippen LogP contribution in [-0.2, 0) is 10.8 Å². The third-order valence-corrected chi connectivity index (χ3v) is 10.7. The Hall–Kier alpha value is -6.46. The van der Waals surface area contributed by atoms with Crippen LogP contribution in [0.2, 0.25) is 0 Å². The number of imidazole rings is 1. The molecule has 9 rings (SSSR count). The lowest BCUT2D eigenvalue weighted by molar-refractivity contribution is 0.589. The van der Waals surface area contributed by atoms with Crippen molar-refractivity contribution in [1.82, 2.24) is 14.5 Å². The van der Waals surface area contributed by atoms with Gasteiger partial charge in [0.1, 0.15) is 12.1 Å². The zero-order chi connectivity index (χ0) is 37.9. The Morgan fingerprint density at radius 3 is 1.87 bits per heavy atom. The molecule has 0 atom stereocenters. The zero-order valence-corrected chi connectivity index (χ0v) is 32.3. The summed E-state index contributed by atoms with van der Waals surface area (Å²) in [5.41, 5.74) is 15.5. The first-order valence-electron chi connectivity index (χ1n) is 19.1.